The number of amides is 1. The molecule has 0 saturated heterocycles. The van der Waals surface area contributed by atoms with Crippen LogP contribution in [0, 0.1) is 0 Å². The van der Waals surface area contributed by atoms with Crippen molar-refractivity contribution in [1.29, 1.82) is 0 Å². The van der Waals surface area contributed by atoms with Crippen molar-refractivity contribution in [2.75, 3.05) is 6.54 Å². The van der Waals surface area contributed by atoms with Gasteiger partial charge in [-0.25, -0.2) is 0 Å². The predicted molar refractivity (Wildman–Crippen MR) is 66.3 cm³/mol. The van der Waals surface area contributed by atoms with Gasteiger partial charge < -0.3 is 15.7 Å². The standard InChI is InChI=1S/C12H26N2O2/c1-5-11(6-2)14-12(16)8-13-9(3)7-10(4)15/h9-11,13,15H,5-8H2,1-4H3,(H,14,16). The molecule has 0 rings (SSSR count). The van der Waals surface area contributed by atoms with Gasteiger partial charge in [0.2, 0.25) is 5.91 Å². The van der Waals surface area contributed by atoms with Gasteiger partial charge in [-0.1, -0.05) is 13.8 Å². The van der Waals surface area contributed by atoms with E-state index in [0.29, 0.717) is 13.0 Å². The second kappa shape index (κ2) is 8.53. The first-order valence-electron chi connectivity index (χ1n) is 6.20. The molecule has 0 aromatic carbocycles. The maximum atomic E-state index is 11.5. The fourth-order valence-electron chi connectivity index (χ4n) is 1.63. The Hall–Kier alpha value is -0.610. The number of aliphatic hydroxyl groups excluding tert-OH is 1. The third-order valence-corrected chi connectivity index (χ3v) is 2.66. The fraction of sp³-hybridized carbons (Fsp3) is 0.917. The van der Waals surface area contributed by atoms with Crippen molar-refractivity contribution < 1.29 is 9.90 Å². The molecule has 0 fully saturated rings. The third-order valence-electron chi connectivity index (χ3n) is 2.66. The SMILES string of the molecule is CCC(CC)NC(=O)CNC(C)CC(C)O. The van der Waals surface area contributed by atoms with Gasteiger partial charge in [0.1, 0.15) is 0 Å². The lowest BCUT2D eigenvalue weighted by Gasteiger charge is -2.18. The average molecular weight is 230 g/mol. The molecule has 0 aromatic heterocycles. The van der Waals surface area contributed by atoms with E-state index in [0.717, 1.165) is 12.8 Å². The van der Waals surface area contributed by atoms with Gasteiger partial charge in [-0.15, -0.1) is 0 Å². The Morgan fingerprint density at radius 3 is 2.25 bits per heavy atom. The van der Waals surface area contributed by atoms with Gasteiger partial charge in [-0.3, -0.25) is 4.79 Å². The van der Waals surface area contributed by atoms with Crippen molar-refractivity contribution in [3.8, 4) is 0 Å². The van der Waals surface area contributed by atoms with Gasteiger partial charge in [-0.2, -0.15) is 0 Å². The van der Waals surface area contributed by atoms with Crippen molar-refractivity contribution >= 4 is 5.91 Å². The van der Waals surface area contributed by atoms with Gasteiger partial charge >= 0.3 is 0 Å². The summed E-state index contributed by atoms with van der Waals surface area (Å²) in [5.74, 6) is 0.0335. The van der Waals surface area contributed by atoms with Crippen LogP contribution >= 0.6 is 0 Å². The van der Waals surface area contributed by atoms with E-state index < -0.39 is 0 Å². The molecule has 0 aliphatic rings. The van der Waals surface area contributed by atoms with E-state index in [4.69, 9.17) is 5.11 Å². The number of rotatable bonds is 8. The van der Waals surface area contributed by atoms with Crippen LogP contribution in [0.3, 0.4) is 0 Å². The maximum absolute atomic E-state index is 11.5. The second-order valence-electron chi connectivity index (χ2n) is 4.45. The Morgan fingerprint density at radius 1 is 1.25 bits per heavy atom. The monoisotopic (exact) mass is 230 g/mol. The molecule has 0 aromatic rings. The molecule has 3 N–H and O–H groups in total. The molecule has 0 spiro atoms. The number of carbonyl (C=O) groups excluding carboxylic acids is 1. The van der Waals surface area contributed by atoms with Gasteiger partial charge in [-0.05, 0) is 33.1 Å². The highest BCUT2D eigenvalue weighted by atomic mass is 16.3. The Labute approximate surface area is 98.8 Å². The van der Waals surface area contributed by atoms with Crippen molar-refractivity contribution in [2.45, 2.75) is 65.1 Å². The molecule has 0 aliphatic carbocycles. The Morgan fingerprint density at radius 2 is 1.81 bits per heavy atom. The van der Waals surface area contributed by atoms with Gasteiger partial charge in [0.15, 0.2) is 0 Å². The van der Waals surface area contributed by atoms with Crippen LogP contribution in [-0.2, 0) is 4.79 Å². The Bertz CT molecular complexity index is 191. The topological polar surface area (TPSA) is 61.4 Å². The number of nitrogens with one attached hydrogen (secondary N) is 2. The summed E-state index contributed by atoms with van der Waals surface area (Å²) >= 11 is 0. The minimum atomic E-state index is -0.329. The summed E-state index contributed by atoms with van der Waals surface area (Å²) in [5, 5.41) is 15.2. The van der Waals surface area contributed by atoms with E-state index in [2.05, 4.69) is 24.5 Å². The molecule has 2 unspecified atom stereocenters. The minimum absolute atomic E-state index is 0.0335. The highest BCUT2D eigenvalue weighted by molar-refractivity contribution is 5.78. The molecule has 16 heavy (non-hydrogen) atoms. The lowest BCUT2D eigenvalue weighted by Crippen LogP contribution is -2.42. The third kappa shape index (κ3) is 7.65. The van der Waals surface area contributed by atoms with E-state index in [9.17, 15) is 4.79 Å². The van der Waals surface area contributed by atoms with Crippen LogP contribution in [0.15, 0.2) is 0 Å². The minimum Gasteiger partial charge on any atom is -0.393 e. The van der Waals surface area contributed by atoms with Gasteiger partial charge in [0.05, 0.1) is 12.6 Å². The van der Waals surface area contributed by atoms with Crippen molar-refractivity contribution in [3.63, 3.8) is 0 Å². The van der Waals surface area contributed by atoms with Crippen LogP contribution in [0.2, 0.25) is 0 Å². The van der Waals surface area contributed by atoms with E-state index in [1.807, 2.05) is 6.92 Å². The first kappa shape index (κ1) is 15.4. The summed E-state index contributed by atoms with van der Waals surface area (Å²) in [7, 11) is 0. The highest BCUT2D eigenvalue weighted by Crippen LogP contribution is 1.97. The molecule has 0 aliphatic heterocycles. The van der Waals surface area contributed by atoms with Crippen LogP contribution in [0.4, 0.5) is 0 Å². The lowest BCUT2D eigenvalue weighted by molar-refractivity contribution is -0.121. The molecular formula is C12H26N2O2. The smallest absolute Gasteiger partial charge is 0.234 e. The molecule has 0 radical (unpaired) electrons. The van der Waals surface area contributed by atoms with E-state index >= 15 is 0 Å². The molecule has 1 amide bonds. The van der Waals surface area contributed by atoms with Crippen molar-refractivity contribution in [1.82, 2.24) is 10.6 Å². The Balaban J connectivity index is 3.72. The summed E-state index contributed by atoms with van der Waals surface area (Å²) in [6.45, 7) is 8.18. The first-order chi connectivity index (χ1) is 7.49. The van der Waals surface area contributed by atoms with Gasteiger partial charge in [0.25, 0.3) is 0 Å². The maximum Gasteiger partial charge on any atom is 0.234 e. The normalized spacial score (nSPS) is 14.9. The molecule has 0 bridgehead atoms. The number of aliphatic hydroxyl groups is 1. The number of hydrogen-bond donors (Lipinski definition) is 3. The number of carbonyl (C=O) groups is 1. The van der Waals surface area contributed by atoms with E-state index in [1.165, 1.54) is 0 Å². The van der Waals surface area contributed by atoms with Gasteiger partial charge in [0, 0.05) is 12.1 Å². The molecule has 4 nitrogen and oxygen atoms in total. The van der Waals surface area contributed by atoms with Crippen LogP contribution in [0.25, 0.3) is 0 Å². The number of hydrogen-bond acceptors (Lipinski definition) is 3. The first-order valence-corrected chi connectivity index (χ1v) is 6.20. The van der Waals surface area contributed by atoms with Crippen LogP contribution < -0.4 is 10.6 Å². The molecule has 0 saturated carbocycles. The summed E-state index contributed by atoms with van der Waals surface area (Å²) < 4.78 is 0. The van der Waals surface area contributed by atoms with Crippen LogP contribution in [0.1, 0.15) is 47.0 Å². The van der Waals surface area contributed by atoms with Crippen LogP contribution in [0.5, 0.6) is 0 Å². The van der Waals surface area contributed by atoms with E-state index in [1.54, 1.807) is 6.92 Å². The lowest BCUT2D eigenvalue weighted by atomic mass is 10.1. The summed E-state index contributed by atoms with van der Waals surface area (Å²) in [6.07, 6.45) is 2.26. The quantitative estimate of drug-likeness (QED) is 0.584. The summed E-state index contributed by atoms with van der Waals surface area (Å²) in [5.41, 5.74) is 0. The van der Waals surface area contributed by atoms with Crippen molar-refractivity contribution in [3.05, 3.63) is 0 Å². The molecular weight excluding hydrogens is 204 g/mol. The zero-order valence-electron chi connectivity index (χ0n) is 10.9. The molecule has 96 valence electrons. The summed E-state index contributed by atoms with van der Waals surface area (Å²) in [6, 6.07) is 0.439. The predicted octanol–water partition coefficient (Wildman–Crippen LogP) is 1.04. The molecule has 2 atom stereocenters. The van der Waals surface area contributed by atoms with Crippen LogP contribution in [-0.4, -0.2) is 35.7 Å². The fourth-order valence-corrected chi connectivity index (χ4v) is 1.63. The Kier molecular flexibility index (Phi) is 8.21. The molecule has 0 heterocycles. The zero-order valence-corrected chi connectivity index (χ0v) is 10.9. The highest BCUT2D eigenvalue weighted by Gasteiger charge is 2.10. The largest absolute Gasteiger partial charge is 0.393 e. The molecule has 4 heteroatoms. The van der Waals surface area contributed by atoms with Crippen molar-refractivity contribution in [2.24, 2.45) is 0 Å². The summed E-state index contributed by atoms with van der Waals surface area (Å²) in [4.78, 5) is 11.5. The zero-order chi connectivity index (χ0) is 12.6. The second-order valence-corrected chi connectivity index (χ2v) is 4.45. The van der Waals surface area contributed by atoms with E-state index in [-0.39, 0.29) is 24.1 Å². The average Bonchev–Trinajstić information content (AvgIpc) is 2.22.